The smallest absolute Gasteiger partial charge is 0.242 e. The van der Waals surface area contributed by atoms with Crippen LogP contribution in [0.25, 0.3) is 0 Å². The molecule has 0 unspecified atom stereocenters. The fraction of sp³-hybridized carbons (Fsp3) is 0.545. The number of nitrogens with zero attached hydrogens (tertiary/aromatic N) is 1. The Hall–Kier alpha value is -0.850. The molecule has 1 aromatic rings. The van der Waals surface area contributed by atoms with Crippen molar-refractivity contribution >= 4 is 27.4 Å². The second kappa shape index (κ2) is 5.03. The van der Waals surface area contributed by atoms with E-state index in [0.29, 0.717) is 16.8 Å². The summed E-state index contributed by atoms with van der Waals surface area (Å²) in [5, 5.41) is 3.08. The summed E-state index contributed by atoms with van der Waals surface area (Å²) in [6.45, 7) is 2.10. The molecule has 0 aromatic carbocycles. The SMILES string of the molecule is CNc1ncc(S(=O)(=O)NC2CC(C)C2)cc1Cl. The normalized spacial score (nSPS) is 23.5. The van der Waals surface area contributed by atoms with E-state index in [-0.39, 0.29) is 10.9 Å². The van der Waals surface area contributed by atoms with Crippen LogP contribution in [0.15, 0.2) is 17.2 Å². The lowest BCUT2D eigenvalue weighted by atomic mass is 9.83. The molecule has 1 aromatic heterocycles. The molecule has 2 rings (SSSR count). The highest BCUT2D eigenvalue weighted by Crippen LogP contribution is 2.28. The molecule has 0 aliphatic heterocycles. The molecular formula is C11H16ClN3O2S. The number of halogens is 1. The van der Waals surface area contributed by atoms with E-state index in [1.54, 1.807) is 7.05 Å². The zero-order valence-electron chi connectivity index (χ0n) is 10.3. The van der Waals surface area contributed by atoms with E-state index in [4.69, 9.17) is 11.6 Å². The number of nitrogens with one attached hydrogen (secondary N) is 2. The molecule has 0 bridgehead atoms. The minimum absolute atomic E-state index is 0.0350. The Labute approximate surface area is 112 Å². The van der Waals surface area contributed by atoms with Crippen molar-refractivity contribution in [3.8, 4) is 0 Å². The number of sulfonamides is 1. The van der Waals surface area contributed by atoms with Gasteiger partial charge in [0.15, 0.2) is 0 Å². The van der Waals surface area contributed by atoms with Crippen LogP contribution < -0.4 is 10.0 Å². The zero-order chi connectivity index (χ0) is 13.3. The van der Waals surface area contributed by atoms with Crippen LogP contribution in [0.3, 0.4) is 0 Å². The van der Waals surface area contributed by atoms with Crippen LogP contribution in [-0.4, -0.2) is 26.5 Å². The first-order valence-corrected chi connectivity index (χ1v) is 7.64. The van der Waals surface area contributed by atoms with Crippen LogP contribution in [0.5, 0.6) is 0 Å². The zero-order valence-corrected chi connectivity index (χ0v) is 11.8. The number of aromatic nitrogens is 1. The van der Waals surface area contributed by atoms with Crippen molar-refractivity contribution in [1.29, 1.82) is 0 Å². The average molecular weight is 290 g/mol. The number of rotatable bonds is 4. The lowest BCUT2D eigenvalue weighted by Gasteiger charge is -2.32. The van der Waals surface area contributed by atoms with E-state index in [1.807, 2.05) is 0 Å². The lowest BCUT2D eigenvalue weighted by Crippen LogP contribution is -2.43. The van der Waals surface area contributed by atoms with Gasteiger partial charge in [-0.3, -0.25) is 0 Å². The maximum atomic E-state index is 12.1. The number of hydrogen-bond donors (Lipinski definition) is 2. The number of hydrogen-bond acceptors (Lipinski definition) is 4. The summed E-state index contributed by atoms with van der Waals surface area (Å²) in [5.41, 5.74) is 0. The maximum absolute atomic E-state index is 12.1. The number of anilines is 1. The molecule has 5 nitrogen and oxygen atoms in total. The summed E-state index contributed by atoms with van der Waals surface area (Å²) in [6.07, 6.45) is 3.08. The molecule has 18 heavy (non-hydrogen) atoms. The third-order valence-electron chi connectivity index (χ3n) is 3.06. The largest absolute Gasteiger partial charge is 0.372 e. The Kier molecular flexibility index (Phi) is 3.79. The molecule has 0 saturated heterocycles. The van der Waals surface area contributed by atoms with Crippen LogP contribution >= 0.6 is 11.6 Å². The summed E-state index contributed by atoms with van der Waals surface area (Å²) < 4.78 is 26.8. The van der Waals surface area contributed by atoms with Gasteiger partial charge in [0.2, 0.25) is 10.0 Å². The van der Waals surface area contributed by atoms with E-state index >= 15 is 0 Å². The third kappa shape index (κ3) is 2.76. The fourth-order valence-corrected chi connectivity index (χ4v) is 3.59. The standard InChI is InChI=1S/C11H16ClN3O2S/c1-7-3-8(4-7)15-18(16,17)9-5-10(12)11(13-2)14-6-9/h5-8,15H,3-4H2,1-2H3,(H,13,14). The van der Waals surface area contributed by atoms with Gasteiger partial charge in [-0.05, 0) is 24.8 Å². The van der Waals surface area contributed by atoms with Crippen molar-refractivity contribution < 1.29 is 8.42 Å². The van der Waals surface area contributed by atoms with Gasteiger partial charge >= 0.3 is 0 Å². The van der Waals surface area contributed by atoms with Gasteiger partial charge in [0.05, 0.1) is 5.02 Å². The highest BCUT2D eigenvalue weighted by atomic mass is 35.5. The average Bonchev–Trinajstić information content (AvgIpc) is 2.26. The molecule has 1 aliphatic carbocycles. The topological polar surface area (TPSA) is 71.1 Å². The lowest BCUT2D eigenvalue weighted by molar-refractivity contribution is 0.270. The molecule has 0 atom stereocenters. The van der Waals surface area contributed by atoms with Gasteiger partial charge in [0.1, 0.15) is 10.7 Å². The molecule has 1 fully saturated rings. The van der Waals surface area contributed by atoms with Crippen molar-refractivity contribution in [3.05, 3.63) is 17.3 Å². The summed E-state index contributed by atoms with van der Waals surface area (Å²) in [7, 11) is -1.84. The molecule has 0 spiro atoms. The van der Waals surface area contributed by atoms with Crippen LogP contribution in [-0.2, 0) is 10.0 Å². The summed E-state index contributed by atoms with van der Waals surface area (Å²) in [5.74, 6) is 1.05. The minimum Gasteiger partial charge on any atom is -0.372 e. The highest BCUT2D eigenvalue weighted by molar-refractivity contribution is 7.89. The summed E-state index contributed by atoms with van der Waals surface area (Å²) >= 11 is 5.93. The van der Waals surface area contributed by atoms with Gasteiger partial charge in [0, 0.05) is 19.3 Å². The Morgan fingerprint density at radius 3 is 2.61 bits per heavy atom. The first-order valence-electron chi connectivity index (χ1n) is 5.78. The van der Waals surface area contributed by atoms with E-state index in [2.05, 4.69) is 21.9 Å². The van der Waals surface area contributed by atoms with Crippen molar-refractivity contribution in [2.24, 2.45) is 5.92 Å². The monoisotopic (exact) mass is 289 g/mol. The number of pyridine rings is 1. The Morgan fingerprint density at radius 2 is 2.11 bits per heavy atom. The molecule has 2 N–H and O–H groups in total. The fourth-order valence-electron chi connectivity index (χ4n) is 2.04. The van der Waals surface area contributed by atoms with Crippen molar-refractivity contribution in [2.75, 3.05) is 12.4 Å². The third-order valence-corrected chi connectivity index (χ3v) is 4.83. The molecule has 1 heterocycles. The minimum atomic E-state index is -3.52. The summed E-state index contributed by atoms with van der Waals surface area (Å²) in [6, 6.07) is 1.44. The Balaban J connectivity index is 2.16. The molecular weight excluding hydrogens is 274 g/mol. The molecule has 1 saturated carbocycles. The summed E-state index contributed by atoms with van der Waals surface area (Å²) in [4.78, 5) is 4.07. The van der Waals surface area contributed by atoms with Crippen LogP contribution in [0, 0.1) is 5.92 Å². The van der Waals surface area contributed by atoms with Crippen molar-refractivity contribution in [3.63, 3.8) is 0 Å². The van der Waals surface area contributed by atoms with Crippen molar-refractivity contribution in [1.82, 2.24) is 9.71 Å². The quantitative estimate of drug-likeness (QED) is 0.887. The van der Waals surface area contributed by atoms with E-state index < -0.39 is 10.0 Å². The van der Waals surface area contributed by atoms with Crippen LogP contribution in [0.4, 0.5) is 5.82 Å². The van der Waals surface area contributed by atoms with Crippen molar-refractivity contribution in [2.45, 2.75) is 30.7 Å². The van der Waals surface area contributed by atoms with Crippen LogP contribution in [0.2, 0.25) is 5.02 Å². The Bertz CT molecular complexity index is 541. The second-order valence-corrected chi connectivity index (χ2v) is 6.77. The van der Waals surface area contributed by atoms with Gasteiger partial charge in [-0.1, -0.05) is 18.5 Å². The van der Waals surface area contributed by atoms with E-state index in [9.17, 15) is 8.42 Å². The predicted octanol–water partition coefficient (Wildman–Crippen LogP) is 1.85. The van der Waals surface area contributed by atoms with E-state index in [0.717, 1.165) is 12.8 Å². The van der Waals surface area contributed by atoms with Gasteiger partial charge < -0.3 is 5.32 Å². The predicted molar refractivity (Wildman–Crippen MR) is 71.3 cm³/mol. The molecule has 1 aliphatic rings. The second-order valence-electron chi connectivity index (χ2n) is 4.65. The van der Waals surface area contributed by atoms with Gasteiger partial charge in [-0.2, -0.15) is 0 Å². The molecule has 0 amide bonds. The molecule has 7 heteroatoms. The molecule has 0 radical (unpaired) electrons. The highest BCUT2D eigenvalue weighted by Gasteiger charge is 2.30. The maximum Gasteiger partial charge on any atom is 0.242 e. The Morgan fingerprint density at radius 1 is 1.44 bits per heavy atom. The molecule has 100 valence electrons. The van der Waals surface area contributed by atoms with E-state index in [1.165, 1.54) is 12.3 Å². The first kappa shape index (κ1) is 13.6. The van der Waals surface area contributed by atoms with Gasteiger partial charge in [0.25, 0.3) is 0 Å². The van der Waals surface area contributed by atoms with Crippen LogP contribution in [0.1, 0.15) is 19.8 Å². The van der Waals surface area contributed by atoms with Gasteiger partial charge in [-0.15, -0.1) is 0 Å². The first-order chi connectivity index (χ1) is 8.42. The van der Waals surface area contributed by atoms with Gasteiger partial charge in [-0.25, -0.2) is 18.1 Å².